The Morgan fingerprint density at radius 1 is 1.30 bits per heavy atom. The number of imidazole rings is 1. The summed E-state index contributed by atoms with van der Waals surface area (Å²) in [5.41, 5.74) is -4.25. The highest BCUT2D eigenvalue weighted by molar-refractivity contribution is 8.00. The van der Waals surface area contributed by atoms with Gasteiger partial charge >= 0.3 is 5.51 Å². The zero-order chi connectivity index (χ0) is 14.6. The van der Waals surface area contributed by atoms with Crippen molar-refractivity contribution in [2.45, 2.75) is 5.51 Å². The van der Waals surface area contributed by atoms with Crippen molar-refractivity contribution >= 4 is 29.3 Å². The maximum atomic E-state index is 12.0. The third kappa shape index (κ3) is 4.53. The molecule has 0 amide bonds. The van der Waals surface area contributed by atoms with Crippen LogP contribution in [0.4, 0.5) is 19.1 Å². The highest BCUT2D eigenvalue weighted by Gasteiger charge is 2.27. The predicted octanol–water partition coefficient (Wildman–Crippen LogP) is 2.38. The molecule has 0 saturated carbocycles. The van der Waals surface area contributed by atoms with E-state index in [2.05, 4.69) is 25.3 Å². The van der Waals surface area contributed by atoms with E-state index in [4.69, 9.17) is 11.6 Å². The number of thioether (sulfide) groups is 1. The quantitative estimate of drug-likeness (QED) is 0.852. The summed E-state index contributed by atoms with van der Waals surface area (Å²) in [6.45, 7) is 0.0495. The molecule has 11 heteroatoms. The van der Waals surface area contributed by atoms with Gasteiger partial charge in [0.1, 0.15) is 6.33 Å². The number of anilines is 1. The summed E-state index contributed by atoms with van der Waals surface area (Å²) >= 11 is 5.61. The number of hydrogen-bond donors (Lipinski definition) is 1. The molecular weight excluding hydrogens is 317 g/mol. The van der Waals surface area contributed by atoms with Crippen LogP contribution in [0.25, 0.3) is 5.95 Å². The SMILES string of the molecule is FC(F)(F)SCCNc1nc(Cl)nc(-n2ccnc2)n1. The van der Waals surface area contributed by atoms with Crippen molar-refractivity contribution < 1.29 is 13.2 Å². The van der Waals surface area contributed by atoms with E-state index in [1.807, 2.05) is 0 Å². The Bertz CT molecular complexity index is 561. The van der Waals surface area contributed by atoms with E-state index in [0.717, 1.165) is 0 Å². The van der Waals surface area contributed by atoms with Gasteiger partial charge in [-0.25, -0.2) is 4.98 Å². The molecule has 0 atom stereocenters. The summed E-state index contributed by atoms with van der Waals surface area (Å²) in [5, 5.41) is 2.60. The van der Waals surface area contributed by atoms with E-state index in [0.29, 0.717) is 0 Å². The molecule has 0 radical (unpaired) electrons. The summed E-state index contributed by atoms with van der Waals surface area (Å²) in [6.07, 6.45) is 4.61. The molecule has 20 heavy (non-hydrogen) atoms. The molecule has 1 N–H and O–H groups in total. The maximum absolute atomic E-state index is 12.0. The largest absolute Gasteiger partial charge is 0.441 e. The number of hydrogen-bond acceptors (Lipinski definition) is 6. The zero-order valence-corrected chi connectivity index (χ0v) is 11.4. The van der Waals surface area contributed by atoms with E-state index in [9.17, 15) is 13.2 Å². The third-order valence-electron chi connectivity index (χ3n) is 1.98. The summed E-state index contributed by atoms with van der Waals surface area (Å²) in [4.78, 5) is 15.5. The first-order chi connectivity index (χ1) is 9.44. The minimum absolute atomic E-state index is 0.0495. The van der Waals surface area contributed by atoms with Crippen LogP contribution in [0.5, 0.6) is 0 Å². The Morgan fingerprint density at radius 2 is 2.10 bits per heavy atom. The van der Waals surface area contributed by atoms with Crippen molar-refractivity contribution in [1.82, 2.24) is 24.5 Å². The minimum atomic E-state index is -4.25. The van der Waals surface area contributed by atoms with Crippen LogP contribution in [0.15, 0.2) is 18.7 Å². The van der Waals surface area contributed by atoms with Gasteiger partial charge in [-0.1, -0.05) is 0 Å². The van der Waals surface area contributed by atoms with Crippen LogP contribution in [-0.2, 0) is 0 Å². The smallest absolute Gasteiger partial charge is 0.353 e. The molecule has 0 aliphatic rings. The van der Waals surface area contributed by atoms with Gasteiger partial charge in [0.05, 0.1) is 0 Å². The lowest BCUT2D eigenvalue weighted by atomic mass is 10.7. The number of alkyl halides is 3. The van der Waals surface area contributed by atoms with Gasteiger partial charge in [0, 0.05) is 24.7 Å². The molecule has 0 bridgehead atoms. The van der Waals surface area contributed by atoms with Crippen LogP contribution in [0.3, 0.4) is 0 Å². The first kappa shape index (κ1) is 14.9. The van der Waals surface area contributed by atoms with E-state index in [1.54, 1.807) is 6.20 Å². The molecule has 0 fully saturated rings. The fourth-order valence-electron chi connectivity index (χ4n) is 1.24. The molecule has 108 valence electrons. The van der Waals surface area contributed by atoms with Crippen LogP contribution in [0.2, 0.25) is 5.28 Å². The van der Waals surface area contributed by atoms with Crippen molar-refractivity contribution in [3.05, 3.63) is 24.0 Å². The number of halogens is 4. The molecule has 2 heterocycles. The second kappa shape index (κ2) is 6.27. The fraction of sp³-hybridized carbons (Fsp3) is 0.333. The summed E-state index contributed by atoms with van der Waals surface area (Å²) in [6, 6.07) is 0. The number of rotatable bonds is 5. The Hall–Kier alpha value is -1.55. The van der Waals surface area contributed by atoms with Gasteiger partial charge in [-0.3, -0.25) is 4.57 Å². The standard InChI is InChI=1S/C9H8ClF3N6S/c10-6-16-7(15-2-4-20-9(11,12)13)18-8(17-6)19-3-1-14-5-19/h1,3,5H,2,4H2,(H,15,16,17,18). The van der Waals surface area contributed by atoms with Gasteiger partial charge in [-0.05, 0) is 23.4 Å². The average Bonchev–Trinajstić information content (AvgIpc) is 2.86. The Labute approximate surface area is 120 Å². The first-order valence-electron chi connectivity index (χ1n) is 5.28. The Morgan fingerprint density at radius 3 is 2.75 bits per heavy atom. The van der Waals surface area contributed by atoms with Crippen LogP contribution < -0.4 is 5.32 Å². The molecule has 0 spiro atoms. The van der Waals surface area contributed by atoms with Crippen LogP contribution in [-0.4, -0.2) is 42.3 Å². The van der Waals surface area contributed by atoms with Gasteiger partial charge in [0.2, 0.25) is 17.2 Å². The molecule has 2 rings (SSSR count). The second-order valence-electron chi connectivity index (χ2n) is 3.42. The second-order valence-corrected chi connectivity index (χ2v) is 4.92. The molecule has 0 unspecified atom stereocenters. The maximum Gasteiger partial charge on any atom is 0.441 e. The van der Waals surface area contributed by atoms with Crippen molar-refractivity contribution in [2.24, 2.45) is 0 Å². The number of aromatic nitrogens is 5. The van der Waals surface area contributed by atoms with Crippen LogP contribution in [0.1, 0.15) is 0 Å². The number of nitrogens with zero attached hydrogens (tertiary/aromatic N) is 5. The monoisotopic (exact) mass is 324 g/mol. The lowest BCUT2D eigenvalue weighted by molar-refractivity contribution is -0.0327. The normalized spacial score (nSPS) is 11.6. The fourth-order valence-corrected chi connectivity index (χ4v) is 1.83. The minimum Gasteiger partial charge on any atom is -0.353 e. The van der Waals surface area contributed by atoms with Crippen LogP contribution >= 0.6 is 23.4 Å². The lowest BCUT2D eigenvalue weighted by Crippen LogP contribution is -2.13. The summed E-state index contributed by atoms with van der Waals surface area (Å²) < 4.78 is 37.4. The Kier molecular flexibility index (Phi) is 4.65. The van der Waals surface area contributed by atoms with Gasteiger partial charge in [0.15, 0.2) is 0 Å². The Balaban J connectivity index is 1.98. The van der Waals surface area contributed by atoms with Gasteiger partial charge in [-0.15, -0.1) is 0 Å². The predicted molar refractivity (Wildman–Crippen MR) is 69.0 cm³/mol. The van der Waals surface area contributed by atoms with Gasteiger partial charge in [-0.2, -0.15) is 28.1 Å². The molecule has 2 aromatic heterocycles. The first-order valence-corrected chi connectivity index (χ1v) is 6.65. The third-order valence-corrected chi connectivity index (χ3v) is 2.89. The zero-order valence-electron chi connectivity index (χ0n) is 9.80. The summed E-state index contributed by atoms with van der Waals surface area (Å²) in [5.74, 6) is 0.178. The van der Waals surface area contributed by atoms with E-state index < -0.39 is 5.51 Å². The molecular formula is C9H8ClF3N6S. The van der Waals surface area contributed by atoms with Crippen molar-refractivity contribution in [3.63, 3.8) is 0 Å². The van der Waals surface area contributed by atoms with Gasteiger partial charge in [0.25, 0.3) is 0 Å². The summed E-state index contributed by atoms with van der Waals surface area (Å²) in [7, 11) is 0. The molecule has 6 nitrogen and oxygen atoms in total. The van der Waals surface area contributed by atoms with Crippen LogP contribution in [0, 0.1) is 0 Å². The molecule has 2 aromatic rings. The van der Waals surface area contributed by atoms with E-state index >= 15 is 0 Å². The average molecular weight is 325 g/mol. The lowest BCUT2D eigenvalue weighted by Gasteiger charge is -2.08. The van der Waals surface area contributed by atoms with E-state index in [1.165, 1.54) is 17.1 Å². The molecule has 0 aromatic carbocycles. The van der Waals surface area contributed by atoms with Crippen molar-refractivity contribution in [1.29, 1.82) is 0 Å². The topological polar surface area (TPSA) is 68.5 Å². The highest BCUT2D eigenvalue weighted by atomic mass is 35.5. The van der Waals surface area contributed by atoms with Gasteiger partial charge < -0.3 is 5.32 Å². The molecule has 0 saturated heterocycles. The molecule has 0 aliphatic heterocycles. The molecule has 0 aliphatic carbocycles. The van der Waals surface area contributed by atoms with Crippen molar-refractivity contribution in [3.8, 4) is 5.95 Å². The van der Waals surface area contributed by atoms with E-state index in [-0.39, 0.29) is 41.2 Å². The van der Waals surface area contributed by atoms with Crippen molar-refractivity contribution in [2.75, 3.05) is 17.6 Å². The number of nitrogens with one attached hydrogen (secondary N) is 1. The highest BCUT2D eigenvalue weighted by Crippen LogP contribution is 2.29.